The van der Waals surface area contributed by atoms with Crippen LogP contribution in [0.25, 0.3) is 0 Å². The van der Waals surface area contributed by atoms with Crippen molar-refractivity contribution in [2.24, 2.45) is 11.8 Å². The maximum Gasteiger partial charge on any atom is 0.227 e. The predicted molar refractivity (Wildman–Crippen MR) is 111 cm³/mol. The maximum atomic E-state index is 12.9. The summed E-state index contributed by atoms with van der Waals surface area (Å²) in [6, 6.07) is 5.64. The van der Waals surface area contributed by atoms with Crippen LogP contribution in [0.15, 0.2) is 24.4 Å². The normalized spacial score (nSPS) is 19.9. The predicted octanol–water partition coefficient (Wildman–Crippen LogP) is 1.21. The molecule has 1 aromatic heterocycles. The van der Waals surface area contributed by atoms with Gasteiger partial charge in [-0.2, -0.15) is 0 Å². The smallest absolute Gasteiger partial charge is 0.227 e. The molecular weight excluding hydrogens is 384 g/mol. The average Bonchev–Trinajstić information content (AvgIpc) is 3.13. The van der Waals surface area contributed by atoms with Gasteiger partial charge in [0.15, 0.2) is 0 Å². The second-order valence-electron chi connectivity index (χ2n) is 8.15. The lowest BCUT2D eigenvalue weighted by Gasteiger charge is -2.33. The summed E-state index contributed by atoms with van der Waals surface area (Å²) in [6.45, 7) is 3.40. The van der Waals surface area contributed by atoms with Gasteiger partial charge in [0.2, 0.25) is 17.7 Å². The van der Waals surface area contributed by atoms with E-state index in [1.165, 1.54) is 0 Å². The van der Waals surface area contributed by atoms with Crippen molar-refractivity contribution in [3.63, 3.8) is 0 Å². The molecule has 2 aliphatic rings. The van der Waals surface area contributed by atoms with E-state index in [4.69, 9.17) is 4.74 Å². The van der Waals surface area contributed by atoms with Gasteiger partial charge in [0.1, 0.15) is 0 Å². The van der Waals surface area contributed by atoms with Gasteiger partial charge in [0.25, 0.3) is 0 Å². The molecule has 0 spiro atoms. The van der Waals surface area contributed by atoms with E-state index in [2.05, 4.69) is 10.3 Å². The maximum absolute atomic E-state index is 12.9. The Labute approximate surface area is 178 Å². The van der Waals surface area contributed by atoms with Crippen molar-refractivity contribution in [3.05, 3.63) is 30.1 Å². The highest BCUT2D eigenvalue weighted by Crippen LogP contribution is 2.26. The summed E-state index contributed by atoms with van der Waals surface area (Å²) >= 11 is 0. The molecule has 164 valence electrons. The van der Waals surface area contributed by atoms with Crippen LogP contribution in [0.4, 0.5) is 0 Å². The molecular formula is C22H32N4O4. The number of nitrogens with one attached hydrogen (secondary N) is 1. The SMILES string of the molecule is COCCNC(=O)CCC1CCN(C(=O)[C@@H]2CC(=O)N(Cc3ccccn3)C2)CC1. The molecule has 3 rings (SSSR count). The number of rotatable bonds is 9. The number of amides is 3. The lowest BCUT2D eigenvalue weighted by atomic mass is 9.91. The summed E-state index contributed by atoms with van der Waals surface area (Å²) in [7, 11) is 1.61. The molecule has 30 heavy (non-hydrogen) atoms. The van der Waals surface area contributed by atoms with Gasteiger partial charge in [-0.25, -0.2) is 0 Å². The number of hydrogen-bond donors (Lipinski definition) is 1. The number of piperidine rings is 1. The van der Waals surface area contributed by atoms with Gasteiger partial charge < -0.3 is 19.9 Å². The Morgan fingerprint density at radius 1 is 1.27 bits per heavy atom. The summed E-state index contributed by atoms with van der Waals surface area (Å²) in [5.41, 5.74) is 0.839. The summed E-state index contributed by atoms with van der Waals surface area (Å²) in [4.78, 5) is 45.0. The van der Waals surface area contributed by atoms with Crippen molar-refractivity contribution in [1.29, 1.82) is 0 Å². The van der Waals surface area contributed by atoms with E-state index in [1.54, 1.807) is 18.2 Å². The van der Waals surface area contributed by atoms with Gasteiger partial charge in [-0.1, -0.05) is 6.07 Å². The van der Waals surface area contributed by atoms with Crippen LogP contribution in [-0.2, 0) is 25.7 Å². The Morgan fingerprint density at radius 2 is 2.07 bits per heavy atom. The van der Waals surface area contributed by atoms with Crippen molar-refractivity contribution < 1.29 is 19.1 Å². The third kappa shape index (κ3) is 6.26. The standard InChI is InChI=1S/C22H32N4O4/c1-30-13-10-24-20(27)6-5-17-7-11-25(12-8-17)22(29)18-14-21(28)26(15-18)16-19-4-2-3-9-23-19/h2-4,9,17-18H,5-8,10-16H2,1H3,(H,24,27)/t18-/m1/s1. The van der Waals surface area contributed by atoms with Crippen LogP contribution in [0.3, 0.4) is 0 Å². The summed E-state index contributed by atoms with van der Waals surface area (Å²) in [5, 5.41) is 2.84. The van der Waals surface area contributed by atoms with Crippen LogP contribution in [0.1, 0.15) is 37.8 Å². The topological polar surface area (TPSA) is 91.8 Å². The molecule has 0 saturated carbocycles. The Morgan fingerprint density at radius 3 is 2.77 bits per heavy atom. The minimum Gasteiger partial charge on any atom is -0.383 e. The molecule has 2 fully saturated rings. The monoisotopic (exact) mass is 416 g/mol. The summed E-state index contributed by atoms with van der Waals surface area (Å²) < 4.78 is 4.93. The van der Waals surface area contributed by atoms with Crippen molar-refractivity contribution in [1.82, 2.24) is 20.1 Å². The number of nitrogens with zero attached hydrogens (tertiary/aromatic N) is 3. The number of likely N-dealkylation sites (tertiary alicyclic amines) is 2. The van der Waals surface area contributed by atoms with Crippen molar-refractivity contribution >= 4 is 17.7 Å². The molecule has 1 N–H and O–H groups in total. The highest BCUT2D eigenvalue weighted by Gasteiger charge is 2.37. The van der Waals surface area contributed by atoms with Gasteiger partial charge >= 0.3 is 0 Å². The van der Waals surface area contributed by atoms with Gasteiger partial charge in [0, 0.05) is 52.3 Å². The first-order chi connectivity index (χ1) is 14.6. The molecule has 0 unspecified atom stereocenters. The van der Waals surface area contributed by atoms with Gasteiger partial charge in [-0.3, -0.25) is 19.4 Å². The fourth-order valence-electron chi connectivity index (χ4n) is 4.19. The number of methoxy groups -OCH3 is 1. The summed E-state index contributed by atoms with van der Waals surface area (Å²) in [5.74, 6) is 0.372. The van der Waals surface area contributed by atoms with E-state index >= 15 is 0 Å². The number of aromatic nitrogens is 1. The van der Waals surface area contributed by atoms with Gasteiger partial charge in [-0.15, -0.1) is 0 Å². The number of carbonyl (C=O) groups is 3. The van der Waals surface area contributed by atoms with Crippen LogP contribution in [0.2, 0.25) is 0 Å². The minimum atomic E-state index is -0.260. The number of carbonyl (C=O) groups excluding carboxylic acids is 3. The van der Waals surface area contributed by atoms with E-state index in [1.807, 2.05) is 23.1 Å². The lowest BCUT2D eigenvalue weighted by molar-refractivity contribution is -0.137. The van der Waals surface area contributed by atoms with E-state index in [0.29, 0.717) is 51.7 Å². The second-order valence-corrected chi connectivity index (χ2v) is 8.15. The molecule has 3 amide bonds. The van der Waals surface area contributed by atoms with E-state index in [0.717, 1.165) is 25.0 Å². The van der Waals surface area contributed by atoms with Gasteiger partial charge in [-0.05, 0) is 37.3 Å². The van der Waals surface area contributed by atoms with Crippen LogP contribution < -0.4 is 5.32 Å². The average molecular weight is 417 g/mol. The zero-order valence-electron chi connectivity index (χ0n) is 17.7. The molecule has 8 nitrogen and oxygen atoms in total. The van der Waals surface area contributed by atoms with Crippen LogP contribution in [0, 0.1) is 11.8 Å². The summed E-state index contributed by atoms with van der Waals surface area (Å²) in [6.07, 6.45) is 5.19. The molecule has 1 atom stereocenters. The first kappa shape index (κ1) is 22.2. The fraction of sp³-hybridized carbons (Fsp3) is 0.636. The number of hydrogen-bond acceptors (Lipinski definition) is 5. The lowest BCUT2D eigenvalue weighted by Crippen LogP contribution is -2.42. The van der Waals surface area contributed by atoms with Crippen molar-refractivity contribution in [2.45, 2.75) is 38.6 Å². The molecule has 0 aromatic carbocycles. The third-order valence-corrected chi connectivity index (χ3v) is 5.98. The minimum absolute atomic E-state index is 0.0216. The molecule has 2 aliphatic heterocycles. The highest BCUT2D eigenvalue weighted by atomic mass is 16.5. The van der Waals surface area contributed by atoms with Crippen molar-refractivity contribution in [2.75, 3.05) is 39.9 Å². The molecule has 0 aliphatic carbocycles. The Balaban J connectivity index is 1.39. The zero-order valence-corrected chi connectivity index (χ0v) is 17.7. The molecule has 0 radical (unpaired) electrons. The highest BCUT2D eigenvalue weighted by molar-refractivity contribution is 5.89. The molecule has 8 heteroatoms. The van der Waals surface area contributed by atoms with Gasteiger partial charge in [0.05, 0.1) is 24.8 Å². The van der Waals surface area contributed by atoms with Crippen molar-refractivity contribution in [3.8, 4) is 0 Å². The quantitative estimate of drug-likeness (QED) is 0.611. The van der Waals surface area contributed by atoms with E-state index < -0.39 is 0 Å². The molecule has 3 heterocycles. The molecule has 1 aromatic rings. The molecule has 2 saturated heterocycles. The molecule has 0 bridgehead atoms. The van der Waals surface area contributed by atoms with Crippen LogP contribution >= 0.6 is 0 Å². The van der Waals surface area contributed by atoms with E-state index in [9.17, 15) is 14.4 Å². The number of pyridine rings is 1. The number of ether oxygens (including phenoxy) is 1. The van der Waals surface area contributed by atoms with Crippen LogP contribution in [0.5, 0.6) is 0 Å². The van der Waals surface area contributed by atoms with E-state index in [-0.39, 0.29) is 30.1 Å². The fourth-order valence-corrected chi connectivity index (χ4v) is 4.19. The second kappa shape index (κ2) is 11.1. The largest absolute Gasteiger partial charge is 0.383 e. The first-order valence-corrected chi connectivity index (χ1v) is 10.8. The Kier molecular flexibility index (Phi) is 8.19. The first-order valence-electron chi connectivity index (χ1n) is 10.8. The Hall–Kier alpha value is -2.48. The zero-order chi connectivity index (χ0) is 21.3. The third-order valence-electron chi connectivity index (χ3n) is 5.98. The van der Waals surface area contributed by atoms with Crippen LogP contribution in [-0.4, -0.2) is 72.4 Å². The Bertz CT molecular complexity index is 719.